The Morgan fingerprint density at radius 3 is 2.53 bits per heavy atom. The minimum atomic E-state index is -3.45. The van der Waals surface area contributed by atoms with Gasteiger partial charge in [-0.15, -0.1) is 0 Å². The molecule has 1 atom stereocenters. The molecule has 1 unspecified atom stereocenters. The van der Waals surface area contributed by atoms with Crippen LogP contribution < -0.4 is 10.5 Å². The van der Waals surface area contributed by atoms with Crippen LogP contribution in [0.25, 0.3) is 0 Å². The van der Waals surface area contributed by atoms with Gasteiger partial charge in [0, 0.05) is 13.2 Å². The summed E-state index contributed by atoms with van der Waals surface area (Å²) in [5.74, 6) is 0. The second-order valence-electron chi connectivity index (χ2n) is 2.94. The summed E-state index contributed by atoms with van der Waals surface area (Å²) in [4.78, 5) is 0.00131. The van der Waals surface area contributed by atoms with Crippen LogP contribution in [0.2, 0.25) is 0 Å². The minimum absolute atomic E-state index is 0.00131. The third-order valence-corrected chi connectivity index (χ3v) is 4.19. The maximum absolute atomic E-state index is 11.6. The second-order valence-corrected chi connectivity index (χ2v) is 5.35. The first-order chi connectivity index (χ1) is 6.95. The molecule has 0 aromatic rings. The summed E-state index contributed by atoms with van der Waals surface area (Å²) in [5.41, 5.74) is 5.34. The van der Waals surface area contributed by atoms with Crippen LogP contribution in [0.3, 0.4) is 0 Å². The van der Waals surface area contributed by atoms with Gasteiger partial charge in [0.05, 0.1) is 11.6 Å². The van der Waals surface area contributed by atoms with Crippen LogP contribution in [0, 0.1) is 0 Å². The van der Waals surface area contributed by atoms with Gasteiger partial charge >= 0.3 is 0 Å². The Morgan fingerprint density at radius 1 is 1.53 bits per heavy atom. The molecule has 0 aliphatic carbocycles. The van der Waals surface area contributed by atoms with Gasteiger partial charge in [0.25, 0.3) is 0 Å². The van der Waals surface area contributed by atoms with E-state index in [2.05, 4.69) is 4.72 Å². The zero-order valence-corrected chi connectivity index (χ0v) is 10.7. The molecule has 5 nitrogen and oxygen atoms in total. The van der Waals surface area contributed by atoms with E-state index in [1.54, 1.807) is 6.92 Å². The summed E-state index contributed by atoms with van der Waals surface area (Å²) in [6.07, 6.45) is 0.374. The number of sulfonamides is 1. The average Bonchev–Trinajstić information content (AvgIpc) is 2.12. The third-order valence-electron chi connectivity index (χ3n) is 1.82. The number of rotatable bonds is 8. The van der Waals surface area contributed by atoms with Crippen LogP contribution in [0.5, 0.6) is 0 Å². The van der Waals surface area contributed by atoms with Gasteiger partial charge in [0.15, 0.2) is 0 Å². The van der Waals surface area contributed by atoms with E-state index in [4.69, 9.17) is 22.7 Å². The van der Waals surface area contributed by atoms with Crippen molar-refractivity contribution in [1.29, 1.82) is 0 Å². The van der Waals surface area contributed by atoms with Gasteiger partial charge in [-0.05, 0) is 13.3 Å². The van der Waals surface area contributed by atoms with E-state index in [0.717, 1.165) is 0 Å². The molecule has 0 bridgehead atoms. The molecular formula is C8H18N2O3S2. The van der Waals surface area contributed by atoms with Crippen LogP contribution in [-0.2, 0) is 14.8 Å². The second kappa shape index (κ2) is 7.10. The zero-order chi connectivity index (χ0) is 11.9. The smallest absolute Gasteiger partial charge is 0.221 e. The van der Waals surface area contributed by atoms with Gasteiger partial charge < -0.3 is 10.5 Å². The van der Waals surface area contributed by atoms with Gasteiger partial charge in [-0.1, -0.05) is 19.1 Å². The van der Waals surface area contributed by atoms with Crippen molar-refractivity contribution in [3.05, 3.63) is 0 Å². The molecule has 0 aliphatic heterocycles. The summed E-state index contributed by atoms with van der Waals surface area (Å²) in [7, 11) is -3.45. The highest BCUT2D eigenvalue weighted by Crippen LogP contribution is 2.04. The van der Waals surface area contributed by atoms with Crippen LogP contribution in [-0.4, -0.2) is 38.4 Å². The quantitative estimate of drug-likeness (QED) is 0.471. The van der Waals surface area contributed by atoms with Crippen LogP contribution in [0.15, 0.2) is 0 Å². The highest BCUT2D eigenvalue weighted by atomic mass is 32.2. The predicted molar refractivity (Wildman–Crippen MR) is 64.3 cm³/mol. The van der Waals surface area contributed by atoms with E-state index in [-0.39, 0.29) is 11.5 Å². The maximum atomic E-state index is 11.6. The highest BCUT2D eigenvalue weighted by Gasteiger charge is 2.25. The minimum Gasteiger partial charge on any atom is -0.392 e. The number of hydrogen-bond donors (Lipinski definition) is 2. The summed E-state index contributed by atoms with van der Waals surface area (Å²) in [5, 5.41) is -0.797. The molecule has 0 saturated carbocycles. The lowest BCUT2D eigenvalue weighted by Gasteiger charge is -2.14. The van der Waals surface area contributed by atoms with Crippen molar-refractivity contribution in [2.75, 3.05) is 19.8 Å². The Bertz CT molecular complexity index is 290. The molecule has 0 amide bonds. The Balaban J connectivity index is 4.21. The fraction of sp³-hybridized carbons (Fsp3) is 0.875. The molecule has 0 aromatic carbocycles. The van der Waals surface area contributed by atoms with Crippen molar-refractivity contribution in [1.82, 2.24) is 4.72 Å². The van der Waals surface area contributed by atoms with Crippen molar-refractivity contribution >= 4 is 27.2 Å². The Morgan fingerprint density at radius 2 is 2.13 bits per heavy atom. The van der Waals surface area contributed by atoms with Crippen molar-refractivity contribution in [3.8, 4) is 0 Å². The molecule has 0 heterocycles. The maximum Gasteiger partial charge on any atom is 0.221 e. The molecule has 0 fully saturated rings. The first-order valence-electron chi connectivity index (χ1n) is 4.81. The van der Waals surface area contributed by atoms with E-state index in [0.29, 0.717) is 19.6 Å². The van der Waals surface area contributed by atoms with E-state index >= 15 is 0 Å². The van der Waals surface area contributed by atoms with E-state index in [1.165, 1.54) is 0 Å². The summed E-state index contributed by atoms with van der Waals surface area (Å²) >= 11 is 4.69. The molecule has 0 saturated heterocycles. The van der Waals surface area contributed by atoms with Crippen molar-refractivity contribution in [3.63, 3.8) is 0 Å². The highest BCUT2D eigenvalue weighted by molar-refractivity contribution is 7.93. The monoisotopic (exact) mass is 254 g/mol. The van der Waals surface area contributed by atoms with Crippen molar-refractivity contribution < 1.29 is 13.2 Å². The SMILES string of the molecule is CCOCCNS(=O)(=O)C(CC)C(N)=S. The molecular weight excluding hydrogens is 236 g/mol. The first kappa shape index (κ1) is 14.8. The lowest BCUT2D eigenvalue weighted by molar-refractivity contribution is 0.153. The Kier molecular flexibility index (Phi) is 6.99. The molecule has 3 N–H and O–H groups in total. The standard InChI is InChI=1S/C8H18N2O3S2/c1-3-7(8(9)14)15(11,12)10-5-6-13-4-2/h7,10H,3-6H2,1-2H3,(H2,9,14). The van der Waals surface area contributed by atoms with E-state index < -0.39 is 15.3 Å². The van der Waals surface area contributed by atoms with Gasteiger partial charge in [0.1, 0.15) is 5.25 Å². The summed E-state index contributed by atoms with van der Waals surface area (Å²) in [6, 6.07) is 0. The van der Waals surface area contributed by atoms with Crippen LogP contribution >= 0.6 is 12.2 Å². The van der Waals surface area contributed by atoms with E-state index in [9.17, 15) is 8.42 Å². The molecule has 7 heteroatoms. The fourth-order valence-corrected chi connectivity index (χ4v) is 2.93. The molecule has 0 aromatic heterocycles. The summed E-state index contributed by atoms with van der Waals surface area (Å²) < 4.78 is 30.7. The number of nitrogens with two attached hydrogens (primary N) is 1. The van der Waals surface area contributed by atoms with Crippen LogP contribution in [0.1, 0.15) is 20.3 Å². The number of hydrogen-bond acceptors (Lipinski definition) is 4. The number of thiocarbonyl (C=S) groups is 1. The molecule has 90 valence electrons. The molecule has 0 rings (SSSR count). The summed E-state index contributed by atoms with van der Waals surface area (Å²) in [6.45, 7) is 4.73. The first-order valence-corrected chi connectivity index (χ1v) is 6.76. The van der Waals surface area contributed by atoms with Crippen molar-refractivity contribution in [2.24, 2.45) is 5.73 Å². The fourth-order valence-electron chi connectivity index (χ4n) is 1.07. The molecule has 0 aliphatic rings. The van der Waals surface area contributed by atoms with Gasteiger partial charge in [-0.2, -0.15) is 0 Å². The Hall–Kier alpha value is -0.240. The van der Waals surface area contributed by atoms with Crippen LogP contribution in [0.4, 0.5) is 0 Å². The Labute approximate surface area is 96.4 Å². The molecule has 15 heavy (non-hydrogen) atoms. The number of nitrogens with one attached hydrogen (secondary N) is 1. The van der Waals surface area contributed by atoms with Gasteiger partial charge in [-0.3, -0.25) is 0 Å². The third kappa shape index (κ3) is 5.41. The van der Waals surface area contributed by atoms with Crippen molar-refractivity contribution in [2.45, 2.75) is 25.5 Å². The predicted octanol–water partition coefficient (Wildman–Crippen LogP) is 0.00700. The average molecular weight is 254 g/mol. The molecule has 0 radical (unpaired) electrons. The molecule has 0 spiro atoms. The van der Waals surface area contributed by atoms with Gasteiger partial charge in [0.2, 0.25) is 10.0 Å². The normalized spacial score (nSPS) is 13.7. The lowest BCUT2D eigenvalue weighted by Crippen LogP contribution is -2.42. The lowest BCUT2D eigenvalue weighted by atomic mass is 10.3. The van der Waals surface area contributed by atoms with Gasteiger partial charge in [-0.25, -0.2) is 13.1 Å². The van der Waals surface area contributed by atoms with E-state index in [1.807, 2.05) is 6.92 Å². The zero-order valence-electron chi connectivity index (χ0n) is 9.02. The topological polar surface area (TPSA) is 81.4 Å². The number of ether oxygens (including phenoxy) is 1. The largest absolute Gasteiger partial charge is 0.392 e.